The van der Waals surface area contributed by atoms with Crippen LogP contribution in [0.15, 0.2) is 5.11 Å². The molecule has 0 heterocycles. The lowest BCUT2D eigenvalue weighted by atomic mass is 10.2. The number of carboxylic acid groups (broad SMARTS) is 1. The highest BCUT2D eigenvalue weighted by Crippen LogP contribution is 1.94. The number of aliphatic carboxylic acids is 1. The van der Waals surface area contributed by atoms with Crippen LogP contribution in [0.3, 0.4) is 0 Å². The van der Waals surface area contributed by atoms with Gasteiger partial charge >= 0.3 is 5.97 Å². The molecule has 0 aromatic heterocycles. The van der Waals surface area contributed by atoms with Crippen LogP contribution in [0.1, 0.15) is 19.3 Å². The summed E-state index contributed by atoms with van der Waals surface area (Å²) in [5.74, 6) is -1.08. The van der Waals surface area contributed by atoms with Crippen molar-refractivity contribution in [2.75, 3.05) is 39.5 Å². The molecule has 0 rings (SSSR count). The van der Waals surface area contributed by atoms with Crippen molar-refractivity contribution in [1.29, 1.82) is 0 Å². The Morgan fingerprint density at radius 1 is 1.15 bits per heavy atom. The second-order valence-corrected chi connectivity index (χ2v) is 3.78. The Morgan fingerprint density at radius 2 is 1.85 bits per heavy atom. The minimum atomic E-state index is -0.901. The Morgan fingerprint density at radius 3 is 2.50 bits per heavy atom. The Labute approximate surface area is 116 Å². The van der Waals surface area contributed by atoms with Gasteiger partial charge in [-0.3, -0.25) is 9.59 Å². The number of hydrogen-bond donors (Lipinski definition) is 2. The quantitative estimate of drug-likeness (QED) is 0.223. The number of carbonyl (C=O) groups excluding carboxylic acids is 1. The number of rotatable bonds is 13. The van der Waals surface area contributed by atoms with Gasteiger partial charge < -0.3 is 19.9 Å². The van der Waals surface area contributed by atoms with Gasteiger partial charge in [0.25, 0.3) is 0 Å². The van der Waals surface area contributed by atoms with E-state index in [2.05, 4.69) is 15.3 Å². The summed E-state index contributed by atoms with van der Waals surface area (Å²) in [6.07, 6.45) is 0.535. The summed E-state index contributed by atoms with van der Waals surface area (Å²) in [5.41, 5.74) is 8.01. The van der Waals surface area contributed by atoms with Gasteiger partial charge in [-0.2, -0.15) is 0 Å². The molecule has 0 aliphatic rings. The molecule has 9 heteroatoms. The number of hydrogen-bond acceptors (Lipinski definition) is 5. The van der Waals surface area contributed by atoms with Crippen LogP contribution in [0, 0.1) is 0 Å². The zero-order valence-electron chi connectivity index (χ0n) is 11.3. The predicted octanol–water partition coefficient (Wildman–Crippen LogP) is 0.701. The fraction of sp³-hybridized carbons (Fsp3) is 0.818. The van der Waals surface area contributed by atoms with Crippen LogP contribution >= 0.6 is 0 Å². The standard InChI is InChI=1S/C11H20N4O5/c12-15-14-5-7-20-9-8-19-6-4-13-10(16)2-1-3-11(17)18/h1-9H2,(H,13,16)(H,17,18). The van der Waals surface area contributed by atoms with Gasteiger partial charge in [-0.25, -0.2) is 0 Å². The van der Waals surface area contributed by atoms with Crippen molar-refractivity contribution in [3.05, 3.63) is 10.4 Å². The van der Waals surface area contributed by atoms with Crippen LogP contribution in [0.4, 0.5) is 0 Å². The third-order valence-corrected chi connectivity index (χ3v) is 2.13. The first-order valence-electron chi connectivity index (χ1n) is 6.31. The molecule has 0 aliphatic heterocycles. The van der Waals surface area contributed by atoms with Crippen molar-refractivity contribution in [3.8, 4) is 0 Å². The van der Waals surface area contributed by atoms with E-state index in [1.165, 1.54) is 0 Å². The lowest BCUT2D eigenvalue weighted by Crippen LogP contribution is -2.27. The van der Waals surface area contributed by atoms with Gasteiger partial charge in [0.05, 0.1) is 26.4 Å². The fourth-order valence-electron chi connectivity index (χ4n) is 1.22. The van der Waals surface area contributed by atoms with Crippen molar-refractivity contribution >= 4 is 11.9 Å². The summed E-state index contributed by atoms with van der Waals surface area (Å²) in [4.78, 5) is 24.1. The average molecular weight is 288 g/mol. The number of amides is 1. The molecular weight excluding hydrogens is 268 g/mol. The first kappa shape index (κ1) is 18.2. The highest BCUT2D eigenvalue weighted by molar-refractivity contribution is 5.76. The molecule has 0 aromatic carbocycles. The van der Waals surface area contributed by atoms with Crippen LogP contribution in [-0.2, 0) is 19.1 Å². The summed E-state index contributed by atoms with van der Waals surface area (Å²) in [6.45, 7) is 2.18. The topological polar surface area (TPSA) is 134 Å². The van der Waals surface area contributed by atoms with Crippen molar-refractivity contribution in [3.63, 3.8) is 0 Å². The van der Waals surface area contributed by atoms with Crippen molar-refractivity contribution in [1.82, 2.24) is 5.32 Å². The second-order valence-electron chi connectivity index (χ2n) is 3.78. The maximum absolute atomic E-state index is 11.2. The minimum absolute atomic E-state index is 0.00287. The minimum Gasteiger partial charge on any atom is -0.481 e. The lowest BCUT2D eigenvalue weighted by Gasteiger charge is -2.06. The molecule has 114 valence electrons. The molecule has 2 N–H and O–H groups in total. The van der Waals surface area contributed by atoms with Gasteiger partial charge in [-0.15, -0.1) is 0 Å². The summed E-state index contributed by atoms with van der Waals surface area (Å²) in [7, 11) is 0. The number of azide groups is 1. The molecule has 1 amide bonds. The van der Waals surface area contributed by atoms with Crippen LogP contribution in [0.25, 0.3) is 10.4 Å². The van der Waals surface area contributed by atoms with Gasteiger partial charge in [-0.05, 0) is 12.0 Å². The first-order chi connectivity index (χ1) is 9.66. The second kappa shape index (κ2) is 13.6. The molecule has 0 aromatic rings. The molecule has 0 atom stereocenters. The predicted molar refractivity (Wildman–Crippen MR) is 70.1 cm³/mol. The van der Waals surface area contributed by atoms with Crippen molar-refractivity contribution in [2.24, 2.45) is 5.11 Å². The van der Waals surface area contributed by atoms with E-state index >= 15 is 0 Å². The van der Waals surface area contributed by atoms with Gasteiger partial charge in [-0.1, -0.05) is 5.11 Å². The number of ether oxygens (including phenoxy) is 2. The lowest BCUT2D eigenvalue weighted by molar-refractivity contribution is -0.137. The van der Waals surface area contributed by atoms with Gasteiger partial charge in [0.15, 0.2) is 0 Å². The number of nitrogens with one attached hydrogen (secondary N) is 1. The Kier molecular flexibility index (Phi) is 12.4. The molecule has 0 fully saturated rings. The number of carbonyl (C=O) groups is 2. The fourth-order valence-corrected chi connectivity index (χ4v) is 1.22. The molecule has 0 bridgehead atoms. The van der Waals surface area contributed by atoms with Gasteiger partial charge in [0.1, 0.15) is 0 Å². The molecule has 0 saturated carbocycles. The monoisotopic (exact) mass is 288 g/mol. The summed E-state index contributed by atoms with van der Waals surface area (Å²) in [6, 6.07) is 0. The van der Waals surface area contributed by atoms with E-state index in [9.17, 15) is 9.59 Å². The van der Waals surface area contributed by atoms with E-state index in [4.69, 9.17) is 20.1 Å². The average Bonchev–Trinajstić information content (AvgIpc) is 2.40. The van der Waals surface area contributed by atoms with Crippen LogP contribution < -0.4 is 5.32 Å². The molecule has 0 saturated heterocycles. The van der Waals surface area contributed by atoms with Crippen molar-refractivity contribution in [2.45, 2.75) is 19.3 Å². The first-order valence-corrected chi connectivity index (χ1v) is 6.31. The third-order valence-electron chi connectivity index (χ3n) is 2.13. The van der Waals surface area contributed by atoms with E-state index in [-0.39, 0.29) is 18.7 Å². The highest BCUT2D eigenvalue weighted by Gasteiger charge is 2.02. The van der Waals surface area contributed by atoms with E-state index in [0.717, 1.165) is 0 Å². The molecule has 20 heavy (non-hydrogen) atoms. The molecule has 0 aliphatic carbocycles. The molecule has 9 nitrogen and oxygen atoms in total. The Hall–Kier alpha value is -1.83. The maximum Gasteiger partial charge on any atom is 0.303 e. The summed E-state index contributed by atoms with van der Waals surface area (Å²) < 4.78 is 10.3. The summed E-state index contributed by atoms with van der Waals surface area (Å²) in [5, 5.41) is 14.3. The molecule has 0 radical (unpaired) electrons. The Balaban J connectivity index is 3.20. The largest absolute Gasteiger partial charge is 0.481 e. The Bertz CT molecular complexity index is 331. The van der Waals surface area contributed by atoms with Crippen LogP contribution in [0.5, 0.6) is 0 Å². The van der Waals surface area contributed by atoms with E-state index in [0.29, 0.717) is 45.9 Å². The SMILES string of the molecule is [N-]=[N+]=NCCOCCOCCNC(=O)CCCC(=O)O. The van der Waals surface area contributed by atoms with Gasteiger partial charge in [0.2, 0.25) is 5.91 Å². The van der Waals surface area contributed by atoms with E-state index in [1.54, 1.807) is 0 Å². The van der Waals surface area contributed by atoms with E-state index < -0.39 is 5.97 Å². The van der Waals surface area contributed by atoms with E-state index in [1.807, 2.05) is 0 Å². The van der Waals surface area contributed by atoms with Crippen molar-refractivity contribution < 1.29 is 24.2 Å². The normalized spacial score (nSPS) is 9.80. The van der Waals surface area contributed by atoms with Crippen LogP contribution in [-0.4, -0.2) is 56.5 Å². The smallest absolute Gasteiger partial charge is 0.303 e. The molecule has 0 spiro atoms. The zero-order valence-corrected chi connectivity index (χ0v) is 11.3. The molecular formula is C11H20N4O5. The maximum atomic E-state index is 11.2. The van der Waals surface area contributed by atoms with Crippen LogP contribution in [0.2, 0.25) is 0 Å². The number of nitrogens with zero attached hydrogens (tertiary/aromatic N) is 3. The third kappa shape index (κ3) is 14.2. The van der Waals surface area contributed by atoms with Gasteiger partial charge in [0, 0.05) is 30.8 Å². The zero-order chi connectivity index (χ0) is 15.1. The highest BCUT2D eigenvalue weighted by atomic mass is 16.5. The summed E-state index contributed by atoms with van der Waals surface area (Å²) >= 11 is 0. The number of carboxylic acids is 1. The molecule has 0 unspecified atom stereocenters.